The molecule has 1 saturated heterocycles. The summed E-state index contributed by atoms with van der Waals surface area (Å²) in [7, 11) is -1.37. The van der Waals surface area contributed by atoms with Crippen LogP contribution in [-0.4, -0.2) is 44.3 Å². The molecule has 0 unspecified atom stereocenters. The van der Waals surface area contributed by atoms with E-state index in [4.69, 9.17) is 9.73 Å². The van der Waals surface area contributed by atoms with Gasteiger partial charge in [0.25, 0.3) is 0 Å². The summed E-state index contributed by atoms with van der Waals surface area (Å²) in [5.74, 6) is 1.93. The van der Waals surface area contributed by atoms with Crippen LogP contribution in [0.2, 0.25) is 0 Å². The van der Waals surface area contributed by atoms with E-state index in [-0.39, 0.29) is 23.6 Å². The topological polar surface area (TPSA) is 59.0 Å². The van der Waals surface area contributed by atoms with Gasteiger partial charge in [-0.3, -0.25) is 4.99 Å². The Morgan fingerprint density at radius 3 is 2.48 bits per heavy atom. The molecule has 0 bridgehead atoms. The molecule has 2 aliphatic heterocycles. The summed E-state index contributed by atoms with van der Waals surface area (Å²) < 4.78 is 29.4. The minimum atomic E-state index is -3.02. The van der Waals surface area contributed by atoms with Gasteiger partial charge in [-0.1, -0.05) is 41.6 Å². The van der Waals surface area contributed by atoms with Crippen molar-refractivity contribution < 1.29 is 13.2 Å². The molecule has 4 rings (SSSR count). The number of sulfone groups is 1. The number of fused-ring (bicyclic) bond motifs is 1. The van der Waals surface area contributed by atoms with E-state index in [0.717, 1.165) is 22.4 Å². The van der Waals surface area contributed by atoms with Gasteiger partial charge in [0.1, 0.15) is 5.75 Å². The van der Waals surface area contributed by atoms with Crippen molar-refractivity contribution in [1.29, 1.82) is 0 Å². The third kappa shape index (κ3) is 3.84. The molecule has 0 spiro atoms. The van der Waals surface area contributed by atoms with Gasteiger partial charge in [0, 0.05) is 11.4 Å². The minimum absolute atomic E-state index is 0.101. The number of aliphatic imine (C=N–C) groups is 1. The van der Waals surface area contributed by atoms with Crippen molar-refractivity contribution in [3.8, 4) is 5.75 Å². The lowest BCUT2D eigenvalue weighted by molar-refractivity contribution is 0.414. The third-order valence-corrected chi connectivity index (χ3v) is 7.68. The first kappa shape index (κ1) is 18.4. The number of aryl methyl sites for hydroxylation is 1. The molecule has 2 heterocycles. The maximum absolute atomic E-state index is 12.1. The summed E-state index contributed by atoms with van der Waals surface area (Å²) in [6.07, 6.45) is 0. The van der Waals surface area contributed by atoms with E-state index in [1.165, 1.54) is 11.1 Å². The SMILES string of the molecule is COc1ccc(CSC2=N[C@H]3CS(=O)(=O)C[C@@H]3N2c2ccc(C)cc2)cc1. The van der Waals surface area contributed by atoms with Crippen LogP contribution in [0.25, 0.3) is 0 Å². The molecule has 0 saturated carbocycles. The second-order valence-corrected chi connectivity index (χ2v) is 10.1. The average Bonchev–Trinajstić information content (AvgIpc) is 3.12. The van der Waals surface area contributed by atoms with Crippen LogP contribution in [0, 0.1) is 6.92 Å². The number of amidine groups is 1. The minimum Gasteiger partial charge on any atom is -0.497 e. The monoisotopic (exact) mass is 402 g/mol. The Balaban J connectivity index is 1.57. The van der Waals surface area contributed by atoms with E-state index in [9.17, 15) is 8.42 Å². The predicted molar refractivity (Wildman–Crippen MR) is 112 cm³/mol. The van der Waals surface area contributed by atoms with Crippen molar-refractivity contribution in [3.05, 3.63) is 59.7 Å². The van der Waals surface area contributed by atoms with Gasteiger partial charge >= 0.3 is 0 Å². The zero-order valence-electron chi connectivity index (χ0n) is 15.3. The maximum Gasteiger partial charge on any atom is 0.164 e. The molecular weight excluding hydrogens is 380 g/mol. The van der Waals surface area contributed by atoms with E-state index in [1.54, 1.807) is 18.9 Å². The van der Waals surface area contributed by atoms with E-state index in [2.05, 4.69) is 17.0 Å². The molecule has 0 amide bonds. The Morgan fingerprint density at radius 1 is 1.11 bits per heavy atom. The van der Waals surface area contributed by atoms with E-state index in [0.29, 0.717) is 0 Å². The molecule has 0 aromatic heterocycles. The second kappa shape index (κ2) is 7.20. The molecule has 2 atom stereocenters. The van der Waals surface area contributed by atoms with Crippen molar-refractivity contribution in [2.24, 2.45) is 4.99 Å². The van der Waals surface area contributed by atoms with Gasteiger partial charge in [-0.25, -0.2) is 8.42 Å². The Morgan fingerprint density at radius 2 is 1.81 bits per heavy atom. The number of methoxy groups -OCH3 is 1. The Bertz CT molecular complexity index is 954. The Hall–Kier alpha value is -1.99. The number of rotatable bonds is 4. The van der Waals surface area contributed by atoms with Gasteiger partial charge in [0.15, 0.2) is 15.0 Å². The van der Waals surface area contributed by atoms with Crippen molar-refractivity contribution in [2.45, 2.75) is 24.8 Å². The smallest absolute Gasteiger partial charge is 0.164 e. The molecule has 0 aliphatic carbocycles. The third-order valence-electron chi connectivity index (χ3n) is 4.95. The van der Waals surface area contributed by atoms with Crippen molar-refractivity contribution in [2.75, 3.05) is 23.5 Å². The molecule has 27 heavy (non-hydrogen) atoms. The highest BCUT2D eigenvalue weighted by molar-refractivity contribution is 8.13. The first-order chi connectivity index (χ1) is 12.9. The normalized spacial score (nSPS) is 23.2. The van der Waals surface area contributed by atoms with E-state index < -0.39 is 9.84 Å². The van der Waals surface area contributed by atoms with Crippen LogP contribution in [0.5, 0.6) is 5.75 Å². The second-order valence-electron chi connectivity index (χ2n) is 6.97. The lowest BCUT2D eigenvalue weighted by atomic mass is 10.1. The van der Waals surface area contributed by atoms with Gasteiger partial charge in [-0.2, -0.15) is 0 Å². The molecule has 2 aromatic carbocycles. The quantitative estimate of drug-likeness (QED) is 0.786. The van der Waals surface area contributed by atoms with Crippen LogP contribution in [-0.2, 0) is 15.6 Å². The van der Waals surface area contributed by atoms with Crippen LogP contribution in [0.1, 0.15) is 11.1 Å². The van der Waals surface area contributed by atoms with Crippen molar-refractivity contribution in [1.82, 2.24) is 0 Å². The Kier molecular flexibility index (Phi) is 4.90. The summed E-state index contributed by atoms with van der Waals surface area (Å²) in [6.45, 7) is 2.05. The maximum atomic E-state index is 12.1. The number of thioether (sulfide) groups is 1. The highest BCUT2D eigenvalue weighted by Crippen LogP contribution is 2.36. The van der Waals surface area contributed by atoms with E-state index >= 15 is 0 Å². The molecule has 5 nitrogen and oxygen atoms in total. The van der Waals surface area contributed by atoms with Crippen LogP contribution in [0.15, 0.2) is 53.5 Å². The number of hydrogen-bond acceptors (Lipinski definition) is 6. The lowest BCUT2D eigenvalue weighted by Gasteiger charge is -2.26. The molecule has 142 valence electrons. The molecule has 2 aromatic rings. The number of hydrogen-bond donors (Lipinski definition) is 0. The van der Waals surface area contributed by atoms with Crippen LogP contribution in [0.3, 0.4) is 0 Å². The van der Waals surface area contributed by atoms with Gasteiger partial charge in [0.05, 0.1) is 30.7 Å². The standard InChI is InChI=1S/C20H22N2O3S2/c1-14-3-7-16(8-4-14)22-19-13-27(23,24)12-18(19)21-20(22)26-11-15-5-9-17(25-2)10-6-15/h3-10,18-19H,11-13H2,1-2H3/t18-,19-/m0/s1. The summed E-state index contributed by atoms with van der Waals surface area (Å²) in [5.41, 5.74) is 3.36. The van der Waals surface area contributed by atoms with Gasteiger partial charge in [-0.15, -0.1) is 0 Å². The van der Waals surface area contributed by atoms with Crippen molar-refractivity contribution >= 4 is 32.5 Å². The predicted octanol–water partition coefficient (Wildman–Crippen LogP) is 3.28. The van der Waals surface area contributed by atoms with Crippen LogP contribution in [0.4, 0.5) is 5.69 Å². The number of nitrogens with zero attached hydrogens (tertiary/aromatic N) is 2. The zero-order chi connectivity index (χ0) is 19.0. The van der Waals surface area contributed by atoms with E-state index in [1.807, 2.05) is 43.3 Å². The van der Waals surface area contributed by atoms with Gasteiger partial charge in [0.2, 0.25) is 0 Å². The molecule has 2 aliphatic rings. The molecular formula is C20H22N2O3S2. The number of anilines is 1. The largest absolute Gasteiger partial charge is 0.497 e. The fourth-order valence-corrected chi connectivity index (χ4v) is 6.43. The number of benzene rings is 2. The molecule has 0 radical (unpaired) electrons. The first-order valence-electron chi connectivity index (χ1n) is 8.85. The summed E-state index contributed by atoms with van der Waals surface area (Å²) >= 11 is 1.65. The van der Waals surface area contributed by atoms with Gasteiger partial charge in [-0.05, 0) is 36.8 Å². The van der Waals surface area contributed by atoms with Crippen LogP contribution < -0.4 is 9.64 Å². The van der Waals surface area contributed by atoms with Crippen molar-refractivity contribution in [3.63, 3.8) is 0 Å². The van der Waals surface area contributed by atoms with Gasteiger partial charge < -0.3 is 9.64 Å². The molecule has 0 N–H and O–H groups in total. The van der Waals surface area contributed by atoms with Crippen LogP contribution >= 0.6 is 11.8 Å². The Labute approximate surface area is 164 Å². The molecule has 7 heteroatoms. The average molecular weight is 403 g/mol. The first-order valence-corrected chi connectivity index (χ1v) is 11.7. The highest BCUT2D eigenvalue weighted by atomic mass is 32.2. The fourth-order valence-electron chi connectivity index (χ4n) is 3.51. The summed E-state index contributed by atoms with van der Waals surface area (Å²) in [5, 5.41) is 0.902. The highest BCUT2D eigenvalue weighted by Gasteiger charge is 2.47. The zero-order valence-corrected chi connectivity index (χ0v) is 17.0. The summed E-state index contributed by atoms with van der Waals surface area (Å²) in [4.78, 5) is 6.89. The summed E-state index contributed by atoms with van der Waals surface area (Å²) in [6, 6.07) is 15.9. The fraction of sp³-hybridized carbons (Fsp3) is 0.350. The lowest BCUT2D eigenvalue weighted by Crippen LogP contribution is -2.39. The number of ether oxygens (including phenoxy) is 1. The molecule has 1 fully saturated rings.